The van der Waals surface area contributed by atoms with E-state index in [9.17, 15) is 9.59 Å². The SMILES string of the molecule is COc1ccc(-c2ccc(N3CCN(C(=O)CN(CC(C)C)C(=O)c4ccc5c(c4)OCO5)CC3)nn2)c(OC)c1. The Morgan fingerprint density at radius 1 is 0.927 bits per heavy atom. The van der Waals surface area contributed by atoms with Crippen LogP contribution in [-0.2, 0) is 4.79 Å². The van der Waals surface area contributed by atoms with E-state index in [0.717, 1.165) is 11.4 Å². The number of hydrogen-bond donors (Lipinski definition) is 0. The van der Waals surface area contributed by atoms with Crippen LogP contribution in [0.3, 0.4) is 0 Å². The van der Waals surface area contributed by atoms with Gasteiger partial charge in [-0.2, -0.15) is 0 Å². The first-order valence-corrected chi connectivity index (χ1v) is 13.6. The number of anilines is 1. The van der Waals surface area contributed by atoms with Gasteiger partial charge in [0.2, 0.25) is 12.7 Å². The molecule has 0 bridgehead atoms. The number of hydrogen-bond acceptors (Lipinski definition) is 9. The van der Waals surface area contributed by atoms with Gasteiger partial charge < -0.3 is 33.6 Å². The zero-order valence-corrected chi connectivity index (χ0v) is 23.8. The molecule has 1 aromatic heterocycles. The van der Waals surface area contributed by atoms with Crippen molar-refractivity contribution in [2.24, 2.45) is 5.92 Å². The minimum absolute atomic E-state index is 0.0175. The topological polar surface area (TPSA) is 107 Å². The van der Waals surface area contributed by atoms with Gasteiger partial charge >= 0.3 is 0 Å². The summed E-state index contributed by atoms with van der Waals surface area (Å²) in [5, 5.41) is 8.87. The molecular formula is C30H35N5O6. The highest BCUT2D eigenvalue weighted by Crippen LogP contribution is 2.34. The maximum Gasteiger partial charge on any atom is 0.254 e. The van der Waals surface area contributed by atoms with E-state index in [1.165, 1.54) is 0 Å². The first-order chi connectivity index (χ1) is 19.9. The number of fused-ring (bicyclic) bond motifs is 1. The second-order valence-corrected chi connectivity index (χ2v) is 10.4. The third-order valence-electron chi connectivity index (χ3n) is 7.11. The Bertz CT molecular complexity index is 1390. The molecule has 3 heterocycles. The molecule has 216 valence electrons. The van der Waals surface area contributed by atoms with E-state index in [1.54, 1.807) is 42.2 Å². The van der Waals surface area contributed by atoms with E-state index in [-0.39, 0.29) is 31.1 Å². The summed E-state index contributed by atoms with van der Waals surface area (Å²) in [5.74, 6) is 3.19. The first kappa shape index (κ1) is 28.0. The number of piperazine rings is 1. The van der Waals surface area contributed by atoms with Crippen molar-refractivity contribution < 1.29 is 28.5 Å². The maximum absolute atomic E-state index is 13.4. The molecule has 0 unspecified atom stereocenters. The summed E-state index contributed by atoms with van der Waals surface area (Å²) in [6.45, 7) is 6.98. The van der Waals surface area contributed by atoms with E-state index in [0.29, 0.717) is 67.0 Å². The third-order valence-corrected chi connectivity index (χ3v) is 7.11. The van der Waals surface area contributed by atoms with Crippen LogP contribution < -0.4 is 23.8 Å². The number of amides is 2. The number of nitrogens with zero attached hydrogens (tertiary/aromatic N) is 5. The summed E-state index contributed by atoms with van der Waals surface area (Å²) in [5.41, 5.74) is 1.99. The van der Waals surface area contributed by atoms with Gasteiger partial charge in [-0.05, 0) is 48.4 Å². The van der Waals surface area contributed by atoms with Gasteiger partial charge in [-0.25, -0.2) is 0 Å². The highest BCUT2D eigenvalue weighted by molar-refractivity contribution is 5.97. The summed E-state index contributed by atoms with van der Waals surface area (Å²) in [6, 6.07) is 14.5. The Balaban J connectivity index is 1.20. The normalized spacial score (nSPS) is 14.3. The molecule has 41 heavy (non-hydrogen) atoms. The lowest BCUT2D eigenvalue weighted by Crippen LogP contribution is -2.52. The Kier molecular flexibility index (Phi) is 8.42. The summed E-state index contributed by atoms with van der Waals surface area (Å²) in [4.78, 5) is 32.2. The summed E-state index contributed by atoms with van der Waals surface area (Å²) in [6.07, 6.45) is 0. The second kappa shape index (κ2) is 12.3. The van der Waals surface area contributed by atoms with Gasteiger partial charge in [-0.1, -0.05) is 13.8 Å². The Hall–Kier alpha value is -4.54. The van der Waals surface area contributed by atoms with Crippen LogP contribution in [0, 0.1) is 5.92 Å². The van der Waals surface area contributed by atoms with Gasteiger partial charge in [0.05, 0.1) is 19.9 Å². The van der Waals surface area contributed by atoms with Crippen molar-refractivity contribution in [3.05, 3.63) is 54.1 Å². The molecular weight excluding hydrogens is 526 g/mol. The molecule has 0 radical (unpaired) electrons. The van der Waals surface area contributed by atoms with Crippen LogP contribution in [0.25, 0.3) is 11.3 Å². The van der Waals surface area contributed by atoms with Crippen LogP contribution in [-0.4, -0.2) is 92.1 Å². The highest BCUT2D eigenvalue weighted by atomic mass is 16.7. The average Bonchev–Trinajstić information content (AvgIpc) is 3.48. The fourth-order valence-corrected chi connectivity index (χ4v) is 4.97. The lowest BCUT2D eigenvalue weighted by atomic mass is 10.1. The predicted molar refractivity (Wildman–Crippen MR) is 153 cm³/mol. The maximum atomic E-state index is 13.4. The fourth-order valence-electron chi connectivity index (χ4n) is 4.97. The van der Waals surface area contributed by atoms with Crippen molar-refractivity contribution >= 4 is 17.6 Å². The van der Waals surface area contributed by atoms with Crippen molar-refractivity contribution in [2.75, 3.05) is 65.2 Å². The van der Waals surface area contributed by atoms with Crippen LogP contribution in [0.1, 0.15) is 24.2 Å². The molecule has 2 aliphatic heterocycles. The van der Waals surface area contributed by atoms with Crippen molar-refractivity contribution in [1.29, 1.82) is 0 Å². The number of methoxy groups -OCH3 is 2. The Labute approximate surface area is 239 Å². The smallest absolute Gasteiger partial charge is 0.254 e. The van der Waals surface area contributed by atoms with Crippen LogP contribution in [0.15, 0.2) is 48.5 Å². The largest absolute Gasteiger partial charge is 0.497 e. The molecule has 0 spiro atoms. The summed E-state index contributed by atoms with van der Waals surface area (Å²) in [7, 11) is 3.22. The number of rotatable bonds is 9. The molecule has 11 nitrogen and oxygen atoms in total. The molecule has 0 N–H and O–H groups in total. The molecule has 1 saturated heterocycles. The lowest BCUT2D eigenvalue weighted by Gasteiger charge is -2.36. The Morgan fingerprint density at radius 3 is 2.39 bits per heavy atom. The van der Waals surface area contributed by atoms with E-state index in [4.69, 9.17) is 18.9 Å². The minimum Gasteiger partial charge on any atom is -0.497 e. The molecule has 0 atom stereocenters. The molecule has 2 aliphatic rings. The van der Waals surface area contributed by atoms with Gasteiger partial charge in [-0.15, -0.1) is 10.2 Å². The van der Waals surface area contributed by atoms with Gasteiger partial charge in [0.1, 0.15) is 18.0 Å². The third kappa shape index (κ3) is 6.29. The fraction of sp³-hybridized carbons (Fsp3) is 0.400. The molecule has 0 saturated carbocycles. The number of benzene rings is 2. The van der Waals surface area contributed by atoms with Gasteiger partial charge in [0, 0.05) is 49.9 Å². The molecule has 5 rings (SSSR count). The van der Waals surface area contributed by atoms with Gasteiger partial charge in [0.15, 0.2) is 17.3 Å². The minimum atomic E-state index is -0.201. The number of ether oxygens (including phenoxy) is 4. The molecule has 2 aromatic carbocycles. The van der Waals surface area contributed by atoms with E-state index in [2.05, 4.69) is 15.1 Å². The van der Waals surface area contributed by atoms with Crippen molar-refractivity contribution in [3.8, 4) is 34.3 Å². The van der Waals surface area contributed by atoms with Gasteiger partial charge in [-0.3, -0.25) is 9.59 Å². The van der Waals surface area contributed by atoms with Crippen molar-refractivity contribution in [2.45, 2.75) is 13.8 Å². The van der Waals surface area contributed by atoms with Crippen LogP contribution in [0.2, 0.25) is 0 Å². The molecule has 1 fully saturated rings. The molecule has 0 aliphatic carbocycles. The molecule has 3 aromatic rings. The zero-order valence-electron chi connectivity index (χ0n) is 23.8. The first-order valence-electron chi connectivity index (χ1n) is 13.6. The monoisotopic (exact) mass is 561 g/mol. The zero-order chi connectivity index (χ0) is 28.9. The Morgan fingerprint density at radius 2 is 1.71 bits per heavy atom. The van der Waals surface area contributed by atoms with Crippen LogP contribution in [0.4, 0.5) is 5.82 Å². The number of aromatic nitrogens is 2. The lowest BCUT2D eigenvalue weighted by molar-refractivity contribution is -0.132. The van der Waals surface area contributed by atoms with E-state index in [1.807, 2.05) is 44.2 Å². The predicted octanol–water partition coefficient (Wildman–Crippen LogP) is 3.34. The summed E-state index contributed by atoms with van der Waals surface area (Å²) < 4.78 is 21.6. The molecule has 2 amide bonds. The standard InChI is InChI=1S/C30H35N5O6/c1-20(2)17-35(30(37)21-5-9-25-27(15-21)41-19-40-25)18-29(36)34-13-11-33(12-14-34)28-10-8-24(31-32-28)23-7-6-22(38-3)16-26(23)39-4/h5-10,15-16,20H,11-14,17-19H2,1-4H3. The summed E-state index contributed by atoms with van der Waals surface area (Å²) >= 11 is 0. The van der Waals surface area contributed by atoms with Crippen molar-refractivity contribution in [3.63, 3.8) is 0 Å². The number of carbonyl (C=O) groups is 2. The second-order valence-electron chi connectivity index (χ2n) is 10.4. The van der Waals surface area contributed by atoms with E-state index < -0.39 is 0 Å². The quantitative estimate of drug-likeness (QED) is 0.389. The molecule has 11 heteroatoms. The highest BCUT2D eigenvalue weighted by Gasteiger charge is 2.27. The van der Waals surface area contributed by atoms with E-state index >= 15 is 0 Å². The van der Waals surface area contributed by atoms with Crippen LogP contribution in [0.5, 0.6) is 23.0 Å². The average molecular weight is 562 g/mol. The van der Waals surface area contributed by atoms with Crippen molar-refractivity contribution in [1.82, 2.24) is 20.0 Å². The van der Waals surface area contributed by atoms with Crippen LogP contribution >= 0.6 is 0 Å². The number of carbonyl (C=O) groups excluding carboxylic acids is 2. The van der Waals surface area contributed by atoms with Gasteiger partial charge in [0.25, 0.3) is 5.91 Å².